The van der Waals surface area contributed by atoms with Crippen LogP contribution in [0.3, 0.4) is 0 Å². The molecule has 0 aromatic rings. The third-order valence-electron chi connectivity index (χ3n) is 4.21. The molecule has 4 heterocycles. The Morgan fingerprint density at radius 1 is 1.29 bits per heavy atom. The maximum atomic E-state index is 6.27. The van der Waals surface area contributed by atoms with Gasteiger partial charge < -0.3 is 10.1 Å². The standard InChI is InChI=1S/C12H21NO/c1-2-3-4-12-7-9-5-11(14-12)6-10(8-12)13-9/h9-11,13H,2-8H2,1H3. The summed E-state index contributed by atoms with van der Waals surface area (Å²) in [6, 6.07) is 1.55. The van der Waals surface area contributed by atoms with Crippen molar-refractivity contribution in [1.82, 2.24) is 5.32 Å². The van der Waals surface area contributed by atoms with Crippen molar-refractivity contribution < 1.29 is 4.74 Å². The van der Waals surface area contributed by atoms with Crippen LogP contribution >= 0.6 is 0 Å². The van der Waals surface area contributed by atoms with Gasteiger partial charge in [-0.2, -0.15) is 0 Å². The largest absolute Gasteiger partial charge is 0.372 e. The van der Waals surface area contributed by atoms with Gasteiger partial charge in [0.25, 0.3) is 0 Å². The van der Waals surface area contributed by atoms with E-state index < -0.39 is 0 Å². The first-order valence-electron chi connectivity index (χ1n) is 6.23. The molecule has 4 saturated heterocycles. The topological polar surface area (TPSA) is 21.3 Å². The van der Waals surface area contributed by atoms with Gasteiger partial charge in [0.15, 0.2) is 0 Å². The van der Waals surface area contributed by atoms with Crippen LogP contribution in [-0.4, -0.2) is 23.8 Å². The van der Waals surface area contributed by atoms with Crippen molar-refractivity contribution in [3.05, 3.63) is 0 Å². The third-order valence-corrected chi connectivity index (χ3v) is 4.21. The summed E-state index contributed by atoms with van der Waals surface area (Å²) in [6.45, 7) is 2.28. The van der Waals surface area contributed by atoms with Crippen LogP contribution in [0.25, 0.3) is 0 Å². The molecule has 2 unspecified atom stereocenters. The molecular formula is C12H21NO. The van der Waals surface area contributed by atoms with Crippen molar-refractivity contribution >= 4 is 0 Å². The first kappa shape index (κ1) is 9.17. The van der Waals surface area contributed by atoms with Crippen LogP contribution in [0.15, 0.2) is 0 Å². The van der Waals surface area contributed by atoms with Gasteiger partial charge in [-0.05, 0) is 32.1 Å². The van der Waals surface area contributed by atoms with Gasteiger partial charge in [-0.25, -0.2) is 0 Å². The summed E-state index contributed by atoms with van der Waals surface area (Å²) in [5.74, 6) is 0. The SMILES string of the molecule is CCCCC12CC3CC(CC(C1)N3)O2. The summed E-state index contributed by atoms with van der Waals surface area (Å²) in [6.07, 6.45) is 9.62. The number of nitrogens with one attached hydrogen (secondary N) is 1. The van der Waals surface area contributed by atoms with E-state index in [4.69, 9.17) is 4.74 Å². The molecule has 4 aliphatic rings. The fourth-order valence-electron chi connectivity index (χ4n) is 3.77. The van der Waals surface area contributed by atoms with Gasteiger partial charge in [0.2, 0.25) is 0 Å². The molecule has 4 bridgehead atoms. The summed E-state index contributed by atoms with van der Waals surface area (Å²) in [5.41, 5.74) is 0.289. The first-order valence-corrected chi connectivity index (χ1v) is 6.23. The van der Waals surface area contributed by atoms with E-state index in [1.807, 2.05) is 0 Å². The van der Waals surface area contributed by atoms with E-state index in [0.29, 0.717) is 6.10 Å². The Morgan fingerprint density at radius 2 is 2.00 bits per heavy atom. The van der Waals surface area contributed by atoms with Crippen molar-refractivity contribution in [3.63, 3.8) is 0 Å². The highest BCUT2D eigenvalue weighted by Gasteiger charge is 2.51. The van der Waals surface area contributed by atoms with Crippen LogP contribution in [0, 0.1) is 0 Å². The molecule has 0 amide bonds. The normalized spacial score (nSPS) is 49.9. The summed E-state index contributed by atoms with van der Waals surface area (Å²) < 4.78 is 6.27. The molecule has 1 N–H and O–H groups in total. The molecule has 4 rings (SSSR count). The van der Waals surface area contributed by atoms with E-state index in [1.54, 1.807) is 0 Å². The molecule has 0 aromatic carbocycles. The molecule has 2 heteroatoms. The highest BCUT2D eigenvalue weighted by molar-refractivity contribution is 5.06. The number of rotatable bonds is 3. The molecular weight excluding hydrogens is 174 g/mol. The van der Waals surface area contributed by atoms with Crippen LogP contribution in [0.1, 0.15) is 51.9 Å². The van der Waals surface area contributed by atoms with Gasteiger partial charge in [-0.15, -0.1) is 0 Å². The lowest BCUT2D eigenvalue weighted by Crippen LogP contribution is -2.65. The van der Waals surface area contributed by atoms with Gasteiger partial charge in [-0.3, -0.25) is 0 Å². The Labute approximate surface area is 86.4 Å². The quantitative estimate of drug-likeness (QED) is 0.745. The van der Waals surface area contributed by atoms with Gasteiger partial charge in [0.05, 0.1) is 11.7 Å². The molecule has 80 valence electrons. The zero-order chi connectivity index (χ0) is 9.60. The summed E-state index contributed by atoms with van der Waals surface area (Å²) in [5, 5.41) is 3.73. The highest BCUT2D eigenvalue weighted by atomic mass is 16.5. The van der Waals surface area contributed by atoms with Crippen LogP contribution in [-0.2, 0) is 4.74 Å². The van der Waals surface area contributed by atoms with Crippen LogP contribution in [0.5, 0.6) is 0 Å². The summed E-state index contributed by atoms with van der Waals surface area (Å²) in [4.78, 5) is 0. The van der Waals surface area contributed by atoms with Crippen molar-refractivity contribution in [2.24, 2.45) is 0 Å². The Kier molecular flexibility index (Phi) is 2.10. The van der Waals surface area contributed by atoms with Gasteiger partial charge in [0.1, 0.15) is 0 Å². The van der Waals surface area contributed by atoms with Gasteiger partial charge in [-0.1, -0.05) is 19.8 Å². The van der Waals surface area contributed by atoms with Crippen LogP contribution in [0.2, 0.25) is 0 Å². The third kappa shape index (κ3) is 1.40. The minimum atomic E-state index is 0.289. The van der Waals surface area contributed by atoms with E-state index in [0.717, 1.165) is 12.1 Å². The summed E-state index contributed by atoms with van der Waals surface area (Å²) >= 11 is 0. The number of ether oxygens (including phenoxy) is 1. The number of piperidine rings is 2. The molecule has 14 heavy (non-hydrogen) atoms. The smallest absolute Gasteiger partial charge is 0.0716 e. The molecule has 4 fully saturated rings. The van der Waals surface area contributed by atoms with E-state index in [-0.39, 0.29) is 5.60 Å². The maximum Gasteiger partial charge on any atom is 0.0716 e. The second-order valence-corrected chi connectivity index (χ2v) is 5.47. The molecule has 0 aromatic heterocycles. The lowest BCUT2D eigenvalue weighted by molar-refractivity contribution is -0.203. The second kappa shape index (κ2) is 3.21. The second-order valence-electron chi connectivity index (χ2n) is 5.47. The van der Waals surface area contributed by atoms with Gasteiger partial charge >= 0.3 is 0 Å². The minimum Gasteiger partial charge on any atom is -0.372 e. The summed E-state index contributed by atoms with van der Waals surface area (Å²) in [7, 11) is 0. The van der Waals surface area contributed by atoms with E-state index in [1.165, 1.54) is 44.9 Å². The number of hydrogen-bond donors (Lipinski definition) is 1. The highest BCUT2D eigenvalue weighted by Crippen LogP contribution is 2.46. The molecule has 0 spiro atoms. The number of hydrogen-bond acceptors (Lipinski definition) is 2. The average molecular weight is 195 g/mol. The Morgan fingerprint density at radius 3 is 2.57 bits per heavy atom. The minimum absolute atomic E-state index is 0.289. The van der Waals surface area contributed by atoms with Crippen LogP contribution < -0.4 is 5.32 Å². The van der Waals surface area contributed by atoms with Crippen molar-refractivity contribution in [1.29, 1.82) is 0 Å². The Bertz CT molecular complexity index is 191. The predicted molar refractivity (Wildman–Crippen MR) is 56.3 cm³/mol. The van der Waals surface area contributed by atoms with Crippen LogP contribution in [0.4, 0.5) is 0 Å². The lowest BCUT2D eigenvalue weighted by atomic mass is 9.70. The monoisotopic (exact) mass is 195 g/mol. The average Bonchev–Trinajstić information content (AvgIpc) is 2.12. The molecule has 2 atom stereocenters. The van der Waals surface area contributed by atoms with E-state index in [9.17, 15) is 0 Å². The molecule has 0 radical (unpaired) electrons. The zero-order valence-electron chi connectivity index (χ0n) is 9.09. The molecule has 0 aliphatic carbocycles. The maximum absolute atomic E-state index is 6.27. The molecule has 2 nitrogen and oxygen atoms in total. The first-order chi connectivity index (χ1) is 6.80. The van der Waals surface area contributed by atoms with Crippen molar-refractivity contribution in [3.8, 4) is 0 Å². The fourth-order valence-corrected chi connectivity index (χ4v) is 3.77. The fraction of sp³-hybridized carbons (Fsp3) is 1.00. The molecule has 0 saturated carbocycles. The zero-order valence-corrected chi connectivity index (χ0v) is 9.09. The van der Waals surface area contributed by atoms with E-state index in [2.05, 4.69) is 12.2 Å². The predicted octanol–water partition coefficient (Wildman–Crippen LogP) is 2.23. The Hall–Kier alpha value is -0.0800. The van der Waals surface area contributed by atoms with Gasteiger partial charge in [0, 0.05) is 12.1 Å². The number of unbranched alkanes of at least 4 members (excludes halogenated alkanes) is 1. The Balaban J connectivity index is 1.74. The lowest BCUT2D eigenvalue weighted by Gasteiger charge is -2.57. The molecule has 4 aliphatic heterocycles. The van der Waals surface area contributed by atoms with E-state index >= 15 is 0 Å². The van der Waals surface area contributed by atoms with Crippen molar-refractivity contribution in [2.75, 3.05) is 0 Å². The van der Waals surface area contributed by atoms with Crippen molar-refractivity contribution in [2.45, 2.75) is 75.7 Å².